The summed E-state index contributed by atoms with van der Waals surface area (Å²) in [7, 11) is 0. The highest BCUT2D eigenvalue weighted by atomic mass is 16.6. The lowest BCUT2D eigenvalue weighted by Gasteiger charge is -2.29. The fourth-order valence-electron chi connectivity index (χ4n) is 4.57. The predicted molar refractivity (Wildman–Crippen MR) is 92.4 cm³/mol. The van der Waals surface area contributed by atoms with Gasteiger partial charge in [-0.05, 0) is 45.4 Å². The second-order valence-corrected chi connectivity index (χ2v) is 7.39. The van der Waals surface area contributed by atoms with Gasteiger partial charge in [-0.2, -0.15) is 0 Å². The van der Waals surface area contributed by atoms with Crippen LogP contribution >= 0.6 is 0 Å². The maximum absolute atomic E-state index is 12.3. The van der Waals surface area contributed by atoms with E-state index in [0.29, 0.717) is 17.6 Å². The Bertz CT molecular complexity index is 659. The molecule has 2 fully saturated rings. The topological polar surface area (TPSA) is 72.8 Å². The molecule has 3 rings (SSSR count). The average molecular weight is 346 g/mol. The largest absolute Gasteiger partial charge is 0.458 e. The molecule has 0 amide bonds. The lowest BCUT2D eigenvalue weighted by molar-refractivity contribution is -0.148. The van der Waals surface area contributed by atoms with E-state index in [9.17, 15) is 14.7 Å². The number of carbonyl (C=O) groups excluding carboxylic acids is 2. The van der Waals surface area contributed by atoms with Gasteiger partial charge in [0.1, 0.15) is 12.2 Å². The number of allylic oxidation sites excluding steroid dienone is 2. The maximum Gasteiger partial charge on any atom is 0.334 e. The van der Waals surface area contributed by atoms with Gasteiger partial charge in [-0.3, -0.25) is 0 Å². The van der Waals surface area contributed by atoms with Crippen molar-refractivity contribution in [1.82, 2.24) is 0 Å². The van der Waals surface area contributed by atoms with Crippen LogP contribution in [-0.2, 0) is 19.1 Å². The maximum atomic E-state index is 12.3. The molecule has 1 saturated carbocycles. The van der Waals surface area contributed by atoms with Crippen LogP contribution in [0.4, 0.5) is 0 Å². The van der Waals surface area contributed by atoms with Gasteiger partial charge in [-0.25, -0.2) is 9.59 Å². The summed E-state index contributed by atoms with van der Waals surface area (Å²) in [5.41, 5.74) is 2.07. The van der Waals surface area contributed by atoms with E-state index in [1.54, 1.807) is 19.9 Å². The summed E-state index contributed by atoms with van der Waals surface area (Å²) >= 11 is 0. The van der Waals surface area contributed by atoms with E-state index in [1.807, 2.05) is 6.92 Å². The van der Waals surface area contributed by atoms with Crippen molar-refractivity contribution in [2.45, 2.75) is 45.8 Å². The Morgan fingerprint density at radius 1 is 1.48 bits per heavy atom. The fourth-order valence-corrected chi connectivity index (χ4v) is 4.57. The Labute approximate surface area is 148 Å². The van der Waals surface area contributed by atoms with Gasteiger partial charge in [0.25, 0.3) is 0 Å². The highest BCUT2D eigenvalue weighted by Gasteiger charge is 2.55. The second kappa shape index (κ2) is 6.79. The van der Waals surface area contributed by atoms with Crippen LogP contribution in [0.3, 0.4) is 0 Å². The molecule has 1 saturated heterocycles. The number of aliphatic hydroxyl groups excluding tert-OH is 1. The zero-order valence-corrected chi connectivity index (χ0v) is 15.0. The van der Waals surface area contributed by atoms with E-state index in [2.05, 4.69) is 12.7 Å². The Morgan fingerprint density at radius 3 is 2.84 bits per heavy atom. The molecule has 0 aromatic heterocycles. The third-order valence-electron chi connectivity index (χ3n) is 6.10. The summed E-state index contributed by atoms with van der Waals surface area (Å²) in [6.07, 6.45) is 4.35. The van der Waals surface area contributed by atoms with Crippen molar-refractivity contribution in [2.24, 2.45) is 23.7 Å². The summed E-state index contributed by atoms with van der Waals surface area (Å²) in [6, 6.07) is 0. The highest BCUT2D eigenvalue weighted by molar-refractivity contribution is 5.91. The number of fused-ring (bicyclic) bond motifs is 3. The van der Waals surface area contributed by atoms with Gasteiger partial charge in [0.05, 0.1) is 5.92 Å². The zero-order valence-electron chi connectivity index (χ0n) is 15.0. The van der Waals surface area contributed by atoms with Crippen molar-refractivity contribution < 1.29 is 24.2 Å². The minimum absolute atomic E-state index is 0.000450. The molecule has 6 unspecified atom stereocenters. The lowest BCUT2D eigenvalue weighted by atomic mass is 9.78. The summed E-state index contributed by atoms with van der Waals surface area (Å²) < 4.78 is 11.4. The molecule has 0 aromatic carbocycles. The quantitative estimate of drug-likeness (QED) is 0.483. The normalized spacial score (nSPS) is 37.8. The monoisotopic (exact) mass is 346 g/mol. The summed E-state index contributed by atoms with van der Waals surface area (Å²) in [5, 5.41) is 9.93. The molecule has 1 heterocycles. The van der Waals surface area contributed by atoms with Crippen LogP contribution in [0.25, 0.3) is 0 Å². The zero-order chi connectivity index (χ0) is 18.3. The van der Waals surface area contributed by atoms with Crippen LogP contribution in [0.5, 0.6) is 0 Å². The molecule has 0 radical (unpaired) electrons. The molecular formula is C20H26O5. The first kappa shape index (κ1) is 17.9. The molecule has 136 valence electrons. The minimum Gasteiger partial charge on any atom is -0.458 e. The molecule has 5 heteroatoms. The summed E-state index contributed by atoms with van der Waals surface area (Å²) in [5.74, 6) is -0.903. The number of esters is 2. The molecule has 25 heavy (non-hydrogen) atoms. The first-order chi connectivity index (χ1) is 11.9. The van der Waals surface area contributed by atoms with E-state index in [1.165, 1.54) is 5.57 Å². The Kier molecular flexibility index (Phi) is 4.87. The van der Waals surface area contributed by atoms with Crippen molar-refractivity contribution in [3.05, 3.63) is 35.5 Å². The third kappa shape index (κ3) is 2.95. The van der Waals surface area contributed by atoms with Crippen LogP contribution in [0.2, 0.25) is 0 Å². The van der Waals surface area contributed by atoms with E-state index in [-0.39, 0.29) is 36.4 Å². The summed E-state index contributed by atoms with van der Waals surface area (Å²) in [6.45, 7) is 9.46. The van der Waals surface area contributed by atoms with Crippen LogP contribution in [0, 0.1) is 23.7 Å². The molecule has 0 bridgehead atoms. The van der Waals surface area contributed by atoms with E-state index in [0.717, 1.165) is 6.42 Å². The minimum atomic E-state index is -0.512. The fraction of sp³-hybridized carbons (Fsp3) is 0.600. The number of rotatable bonds is 3. The molecule has 0 spiro atoms. The van der Waals surface area contributed by atoms with Gasteiger partial charge in [0.2, 0.25) is 0 Å². The number of carbonyl (C=O) groups is 2. The summed E-state index contributed by atoms with van der Waals surface area (Å²) in [4.78, 5) is 24.5. The van der Waals surface area contributed by atoms with E-state index in [4.69, 9.17) is 9.47 Å². The molecule has 1 aliphatic heterocycles. The highest BCUT2D eigenvalue weighted by Crippen LogP contribution is 2.51. The molecule has 2 aliphatic carbocycles. The molecule has 5 nitrogen and oxygen atoms in total. The number of hydrogen-bond acceptors (Lipinski definition) is 5. The number of aliphatic hydroxyl groups is 1. The molecule has 0 aromatic rings. The first-order valence-electron chi connectivity index (χ1n) is 8.90. The van der Waals surface area contributed by atoms with Crippen LogP contribution in [-0.4, -0.2) is 35.9 Å². The van der Waals surface area contributed by atoms with Crippen molar-refractivity contribution in [1.29, 1.82) is 0 Å². The van der Waals surface area contributed by atoms with E-state index >= 15 is 0 Å². The van der Waals surface area contributed by atoms with Gasteiger partial charge < -0.3 is 14.6 Å². The van der Waals surface area contributed by atoms with Gasteiger partial charge in [0, 0.05) is 23.7 Å². The van der Waals surface area contributed by atoms with Crippen molar-refractivity contribution in [3.8, 4) is 0 Å². The smallest absolute Gasteiger partial charge is 0.334 e. The lowest BCUT2D eigenvalue weighted by Crippen LogP contribution is -2.36. The number of hydrogen-bond donors (Lipinski definition) is 1. The van der Waals surface area contributed by atoms with Crippen LogP contribution in [0.1, 0.15) is 33.6 Å². The Morgan fingerprint density at radius 2 is 2.20 bits per heavy atom. The average Bonchev–Trinajstić information content (AvgIpc) is 3.06. The van der Waals surface area contributed by atoms with Crippen molar-refractivity contribution >= 4 is 11.9 Å². The van der Waals surface area contributed by atoms with Crippen molar-refractivity contribution in [3.63, 3.8) is 0 Å². The second-order valence-electron chi connectivity index (χ2n) is 7.39. The van der Waals surface area contributed by atoms with Crippen molar-refractivity contribution in [2.75, 3.05) is 6.61 Å². The van der Waals surface area contributed by atoms with Crippen LogP contribution < -0.4 is 0 Å². The molecule has 3 aliphatic rings. The predicted octanol–water partition coefficient (Wildman–Crippen LogP) is 2.56. The molecule has 1 N–H and O–H groups in total. The van der Waals surface area contributed by atoms with Gasteiger partial charge in [-0.1, -0.05) is 24.3 Å². The molecule has 6 atom stereocenters. The Hall–Kier alpha value is -1.88. The molecular weight excluding hydrogens is 320 g/mol. The Balaban J connectivity index is 1.97. The van der Waals surface area contributed by atoms with E-state index < -0.39 is 18.0 Å². The standard InChI is InChI=1S/C20H26O5/c1-5-10(2)19(22)24-15-8-13(9-21)14-7-6-11(3)16(14)18-17(15)12(4)20(23)25-18/h5-6,13-18,21H,4,7-9H2,1-3H3. The van der Waals surface area contributed by atoms with Gasteiger partial charge >= 0.3 is 11.9 Å². The van der Waals surface area contributed by atoms with Crippen LogP contribution in [0.15, 0.2) is 35.5 Å². The first-order valence-corrected chi connectivity index (χ1v) is 8.90. The SMILES string of the molecule is C=C1C(=O)OC2C1C(OC(=O)C(C)=CC)CC(CO)C1CC=C(C)C12. The van der Waals surface area contributed by atoms with Gasteiger partial charge in [-0.15, -0.1) is 0 Å². The third-order valence-corrected chi connectivity index (χ3v) is 6.10. The van der Waals surface area contributed by atoms with Gasteiger partial charge in [0.15, 0.2) is 0 Å². The number of ether oxygens (including phenoxy) is 2.